The zero-order valence-corrected chi connectivity index (χ0v) is 9.26. The minimum atomic E-state index is -0.0706. The van der Waals surface area contributed by atoms with E-state index in [1.54, 1.807) is 0 Å². The van der Waals surface area contributed by atoms with Crippen LogP contribution in [0.4, 0.5) is 0 Å². The number of rotatable bonds is 2. The van der Waals surface area contributed by atoms with E-state index in [0.717, 1.165) is 0 Å². The molecule has 0 aromatic carbocycles. The van der Waals surface area contributed by atoms with Crippen molar-refractivity contribution in [1.29, 1.82) is 0 Å². The van der Waals surface area contributed by atoms with E-state index in [4.69, 9.17) is 5.11 Å². The van der Waals surface area contributed by atoms with Crippen LogP contribution in [0.2, 0.25) is 0 Å². The number of aliphatic hydroxyl groups excluding tert-OH is 1. The molecule has 0 radical (unpaired) electrons. The van der Waals surface area contributed by atoms with Crippen LogP contribution in [-0.4, -0.2) is 27.6 Å². The third-order valence-corrected chi connectivity index (χ3v) is 1.33. The molecule has 0 atom stereocenters. The maximum atomic E-state index is 8.47. The maximum Gasteiger partial charge on any atom is 1.00 e. The third kappa shape index (κ3) is 5.51. The van der Waals surface area contributed by atoms with Gasteiger partial charge in [-0.05, 0) is 6.92 Å². The average molecular weight is 173 g/mol. The van der Waals surface area contributed by atoms with Gasteiger partial charge in [-0.15, -0.1) is 0 Å². The molecule has 0 amide bonds. The van der Waals surface area contributed by atoms with Gasteiger partial charge in [0.25, 0.3) is 0 Å². The molecule has 9 heavy (non-hydrogen) atoms. The van der Waals surface area contributed by atoms with E-state index in [0.29, 0.717) is 10.9 Å². The molecular formula is C4H8NNaOS2. The van der Waals surface area contributed by atoms with E-state index < -0.39 is 0 Å². The molecule has 0 aliphatic rings. The number of thiocarbonyl (C=S) groups is 1. The van der Waals surface area contributed by atoms with Gasteiger partial charge in [0, 0.05) is 6.54 Å². The first-order valence-electron chi connectivity index (χ1n) is 2.29. The fraction of sp³-hybridized carbons (Fsp3) is 0.750. The SMILES string of the molecule is CCN(CO)C(=S)[S-].[Na+]. The maximum absolute atomic E-state index is 8.47. The van der Waals surface area contributed by atoms with Gasteiger partial charge in [-0.2, -0.15) is 0 Å². The standard InChI is InChI=1S/C4H9NOS2.Na/c1-2-5(3-6)4(7)8;/h6H,2-3H2,1H3,(H,7,8);/q;+1/p-1. The second-order valence-corrected chi connectivity index (χ2v) is 2.30. The molecule has 0 heterocycles. The van der Waals surface area contributed by atoms with Crippen molar-refractivity contribution in [3.8, 4) is 0 Å². The molecule has 1 N–H and O–H groups in total. The smallest absolute Gasteiger partial charge is 0.411 e. The van der Waals surface area contributed by atoms with E-state index in [-0.39, 0.29) is 36.3 Å². The van der Waals surface area contributed by atoms with Crippen molar-refractivity contribution in [1.82, 2.24) is 4.90 Å². The Morgan fingerprint density at radius 2 is 2.22 bits per heavy atom. The molecule has 0 saturated carbocycles. The molecule has 0 rings (SSSR count). The molecular weight excluding hydrogens is 165 g/mol. The topological polar surface area (TPSA) is 23.5 Å². The summed E-state index contributed by atoms with van der Waals surface area (Å²) < 4.78 is 0.329. The molecule has 0 aromatic heterocycles. The zero-order valence-electron chi connectivity index (χ0n) is 5.63. The molecule has 0 aliphatic heterocycles. The van der Waals surface area contributed by atoms with E-state index >= 15 is 0 Å². The quantitative estimate of drug-likeness (QED) is 0.209. The van der Waals surface area contributed by atoms with Crippen LogP contribution >= 0.6 is 12.2 Å². The van der Waals surface area contributed by atoms with Crippen LogP contribution in [-0.2, 0) is 12.6 Å². The van der Waals surface area contributed by atoms with Crippen LogP contribution in [0.5, 0.6) is 0 Å². The van der Waals surface area contributed by atoms with Crippen molar-refractivity contribution in [3.05, 3.63) is 0 Å². The van der Waals surface area contributed by atoms with E-state index in [1.165, 1.54) is 4.90 Å². The monoisotopic (exact) mass is 173 g/mol. The van der Waals surface area contributed by atoms with Gasteiger partial charge in [-0.25, -0.2) is 0 Å². The second-order valence-electron chi connectivity index (χ2n) is 1.26. The summed E-state index contributed by atoms with van der Waals surface area (Å²) in [4.78, 5) is 1.52. The molecule has 5 heteroatoms. The molecule has 48 valence electrons. The predicted octanol–water partition coefficient (Wildman–Crippen LogP) is -2.91. The van der Waals surface area contributed by atoms with Gasteiger partial charge in [-0.3, -0.25) is 0 Å². The number of nitrogens with zero attached hydrogens (tertiary/aromatic N) is 1. The summed E-state index contributed by atoms with van der Waals surface area (Å²) in [5.74, 6) is 0. The first-order valence-corrected chi connectivity index (χ1v) is 3.10. The number of hydrogen-bond acceptors (Lipinski definition) is 3. The summed E-state index contributed by atoms with van der Waals surface area (Å²) in [5, 5.41) is 8.47. The fourth-order valence-electron chi connectivity index (χ4n) is 0.287. The summed E-state index contributed by atoms with van der Waals surface area (Å²) in [5.41, 5.74) is 0. The molecule has 0 unspecified atom stereocenters. The average Bonchev–Trinajstić information content (AvgIpc) is 1.69. The minimum absolute atomic E-state index is 0. The Labute approximate surface area is 88.3 Å². The summed E-state index contributed by atoms with van der Waals surface area (Å²) in [6, 6.07) is 0. The normalized spacial score (nSPS) is 7.78. The van der Waals surface area contributed by atoms with Gasteiger partial charge in [0.2, 0.25) is 0 Å². The fourth-order valence-corrected chi connectivity index (χ4v) is 0.661. The molecule has 0 saturated heterocycles. The van der Waals surface area contributed by atoms with Gasteiger partial charge in [0.05, 0.1) is 0 Å². The summed E-state index contributed by atoms with van der Waals surface area (Å²) >= 11 is 9.19. The Hall–Kier alpha value is 1.07. The molecule has 0 spiro atoms. The first-order chi connectivity index (χ1) is 3.72. The molecule has 0 bridgehead atoms. The number of aliphatic hydroxyl groups is 1. The van der Waals surface area contributed by atoms with Crippen LogP contribution in [0.3, 0.4) is 0 Å². The van der Waals surface area contributed by atoms with Crippen molar-refractivity contribution >= 4 is 29.2 Å². The van der Waals surface area contributed by atoms with Crippen LogP contribution in [0.1, 0.15) is 6.92 Å². The third-order valence-electron chi connectivity index (χ3n) is 0.811. The predicted molar refractivity (Wildman–Crippen MR) is 39.4 cm³/mol. The van der Waals surface area contributed by atoms with Crippen molar-refractivity contribution in [3.63, 3.8) is 0 Å². The summed E-state index contributed by atoms with van der Waals surface area (Å²) in [6.07, 6.45) is 0. The van der Waals surface area contributed by atoms with Crippen LogP contribution < -0.4 is 29.6 Å². The minimum Gasteiger partial charge on any atom is -0.411 e. The molecule has 0 aliphatic carbocycles. The Morgan fingerprint density at radius 1 is 1.78 bits per heavy atom. The van der Waals surface area contributed by atoms with Gasteiger partial charge < -0.3 is 34.9 Å². The van der Waals surface area contributed by atoms with Gasteiger partial charge in [-0.1, -0.05) is 4.32 Å². The van der Waals surface area contributed by atoms with Gasteiger partial charge in [0.15, 0.2) is 0 Å². The molecule has 2 nitrogen and oxygen atoms in total. The zero-order chi connectivity index (χ0) is 6.57. The molecule has 0 fully saturated rings. The Bertz CT molecular complexity index is 86.6. The van der Waals surface area contributed by atoms with Crippen molar-refractivity contribution in [2.75, 3.05) is 13.3 Å². The largest absolute Gasteiger partial charge is 1.00 e. The number of hydrogen-bond donors (Lipinski definition) is 1. The summed E-state index contributed by atoms with van der Waals surface area (Å²) in [7, 11) is 0. The van der Waals surface area contributed by atoms with E-state index in [9.17, 15) is 0 Å². The van der Waals surface area contributed by atoms with Crippen molar-refractivity contribution in [2.24, 2.45) is 0 Å². The Balaban J connectivity index is 0. The van der Waals surface area contributed by atoms with Crippen LogP contribution in [0.15, 0.2) is 0 Å². The second kappa shape index (κ2) is 7.18. The van der Waals surface area contributed by atoms with E-state index in [2.05, 4.69) is 24.8 Å². The van der Waals surface area contributed by atoms with Crippen molar-refractivity contribution in [2.45, 2.75) is 6.92 Å². The first kappa shape index (κ1) is 12.7. The van der Waals surface area contributed by atoms with Gasteiger partial charge >= 0.3 is 29.6 Å². The van der Waals surface area contributed by atoms with Crippen molar-refractivity contribution < 1.29 is 34.7 Å². The Kier molecular flexibility index (Phi) is 10.1. The van der Waals surface area contributed by atoms with Gasteiger partial charge in [0.1, 0.15) is 6.73 Å². The molecule has 0 aromatic rings. The summed E-state index contributed by atoms with van der Waals surface area (Å²) in [6.45, 7) is 2.49. The van der Waals surface area contributed by atoms with E-state index in [1.807, 2.05) is 6.92 Å². The van der Waals surface area contributed by atoms with Crippen LogP contribution in [0.25, 0.3) is 0 Å². The van der Waals surface area contributed by atoms with Crippen LogP contribution in [0, 0.1) is 0 Å². The Morgan fingerprint density at radius 3 is 2.22 bits per heavy atom.